The van der Waals surface area contributed by atoms with E-state index in [0.29, 0.717) is 0 Å². The van der Waals surface area contributed by atoms with Crippen molar-refractivity contribution in [1.82, 2.24) is 0 Å². The predicted molar refractivity (Wildman–Crippen MR) is 89.3 cm³/mol. The Morgan fingerprint density at radius 3 is 1.76 bits per heavy atom. The van der Waals surface area contributed by atoms with E-state index < -0.39 is 0 Å². The van der Waals surface area contributed by atoms with Gasteiger partial charge in [0, 0.05) is 9.79 Å². The molecule has 3 rings (SSSR count). The molecule has 2 aromatic carbocycles. The van der Waals surface area contributed by atoms with Crippen LogP contribution in [0, 0.1) is 13.8 Å². The van der Waals surface area contributed by atoms with E-state index in [4.69, 9.17) is 4.42 Å². The second-order valence-electron chi connectivity index (χ2n) is 4.90. The van der Waals surface area contributed by atoms with Crippen LogP contribution < -0.4 is 0 Å². The minimum absolute atomic E-state index is 0.949. The lowest BCUT2D eigenvalue weighted by Gasteiger charge is -2.03. The van der Waals surface area contributed by atoms with Crippen LogP contribution in [0.5, 0.6) is 0 Å². The van der Waals surface area contributed by atoms with Gasteiger partial charge in [0.15, 0.2) is 5.09 Å². The molecule has 1 aromatic heterocycles. The van der Waals surface area contributed by atoms with Gasteiger partial charge < -0.3 is 4.42 Å². The Balaban J connectivity index is 1.77. The highest BCUT2D eigenvalue weighted by molar-refractivity contribution is 8.02. The van der Waals surface area contributed by atoms with Gasteiger partial charge in [0.2, 0.25) is 0 Å². The van der Waals surface area contributed by atoms with Crippen molar-refractivity contribution in [2.45, 2.75) is 33.6 Å². The summed E-state index contributed by atoms with van der Waals surface area (Å²) in [5.41, 5.74) is 2.55. The molecule has 0 atom stereocenters. The number of hydrogen-bond acceptors (Lipinski definition) is 3. The first-order valence-electron chi connectivity index (χ1n) is 6.77. The van der Waals surface area contributed by atoms with Gasteiger partial charge in [-0.2, -0.15) is 0 Å². The maximum absolute atomic E-state index is 5.64. The zero-order valence-corrected chi connectivity index (χ0v) is 13.6. The minimum Gasteiger partial charge on any atom is -0.457 e. The number of aryl methyl sites for hydroxylation is 2. The maximum atomic E-state index is 5.64. The van der Waals surface area contributed by atoms with Gasteiger partial charge in [-0.1, -0.05) is 58.9 Å². The fourth-order valence-corrected chi connectivity index (χ4v) is 3.67. The molecule has 0 spiro atoms. The monoisotopic (exact) mass is 312 g/mol. The Morgan fingerprint density at radius 1 is 0.667 bits per heavy atom. The SMILES string of the molecule is Cc1ccc(Sc2ccoc2Sc2ccc(C)cc2)cc1. The first-order chi connectivity index (χ1) is 10.2. The molecule has 3 aromatic rings. The normalized spacial score (nSPS) is 10.8. The van der Waals surface area contributed by atoms with Crippen molar-refractivity contribution in [2.24, 2.45) is 0 Å². The van der Waals surface area contributed by atoms with Crippen LogP contribution >= 0.6 is 23.5 Å². The van der Waals surface area contributed by atoms with Crippen LogP contribution in [-0.2, 0) is 0 Å². The minimum atomic E-state index is 0.949. The van der Waals surface area contributed by atoms with Gasteiger partial charge in [-0.3, -0.25) is 0 Å². The molecule has 1 nitrogen and oxygen atoms in total. The number of hydrogen-bond donors (Lipinski definition) is 0. The fraction of sp³-hybridized carbons (Fsp3) is 0.111. The summed E-state index contributed by atoms with van der Waals surface area (Å²) in [5.74, 6) is 0. The molecule has 21 heavy (non-hydrogen) atoms. The van der Waals surface area contributed by atoms with Gasteiger partial charge in [0.05, 0.1) is 11.2 Å². The highest BCUT2D eigenvalue weighted by atomic mass is 32.2. The number of rotatable bonds is 4. The molecule has 0 aliphatic heterocycles. The smallest absolute Gasteiger partial charge is 0.178 e. The second kappa shape index (κ2) is 6.46. The molecule has 3 heteroatoms. The zero-order valence-electron chi connectivity index (χ0n) is 12.0. The third-order valence-electron chi connectivity index (χ3n) is 3.08. The van der Waals surface area contributed by atoms with E-state index in [1.807, 2.05) is 6.07 Å². The van der Waals surface area contributed by atoms with Crippen molar-refractivity contribution in [3.63, 3.8) is 0 Å². The highest BCUT2D eigenvalue weighted by Crippen LogP contribution is 2.39. The average Bonchev–Trinajstić information content (AvgIpc) is 2.91. The molecule has 106 valence electrons. The van der Waals surface area contributed by atoms with Crippen LogP contribution in [0.1, 0.15) is 11.1 Å². The summed E-state index contributed by atoms with van der Waals surface area (Å²) >= 11 is 3.40. The molecule has 0 radical (unpaired) electrons. The Bertz CT molecular complexity index is 650. The standard InChI is InChI=1S/C18H16OS2/c1-13-3-7-15(8-4-13)20-17-11-12-19-18(17)21-16-9-5-14(2)6-10-16/h3-12H,1-2H3. The molecule has 0 saturated carbocycles. The molecule has 0 aliphatic rings. The van der Waals surface area contributed by atoms with Crippen LogP contribution in [0.15, 0.2) is 85.1 Å². The van der Waals surface area contributed by atoms with Gasteiger partial charge in [0.1, 0.15) is 0 Å². The van der Waals surface area contributed by atoms with Crippen LogP contribution in [0.4, 0.5) is 0 Å². The van der Waals surface area contributed by atoms with Crippen molar-refractivity contribution < 1.29 is 4.42 Å². The third-order valence-corrected chi connectivity index (χ3v) is 5.26. The van der Waals surface area contributed by atoms with E-state index in [9.17, 15) is 0 Å². The van der Waals surface area contributed by atoms with Crippen LogP contribution in [0.25, 0.3) is 0 Å². The van der Waals surface area contributed by atoms with Crippen molar-refractivity contribution in [3.8, 4) is 0 Å². The molecular weight excluding hydrogens is 296 g/mol. The summed E-state index contributed by atoms with van der Waals surface area (Å²) in [5, 5.41) is 0.949. The number of benzene rings is 2. The summed E-state index contributed by atoms with van der Waals surface area (Å²) in [7, 11) is 0. The van der Waals surface area contributed by atoms with Gasteiger partial charge in [-0.05, 0) is 44.2 Å². The second-order valence-corrected chi connectivity index (χ2v) is 7.06. The summed E-state index contributed by atoms with van der Waals surface area (Å²) in [6.07, 6.45) is 1.76. The molecule has 0 aliphatic carbocycles. The first-order valence-corrected chi connectivity index (χ1v) is 8.40. The Kier molecular flexibility index (Phi) is 4.42. The molecule has 1 heterocycles. The molecule has 0 amide bonds. The fourth-order valence-electron chi connectivity index (χ4n) is 1.88. The molecule has 0 saturated heterocycles. The molecular formula is C18H16OS2. The van der Waals surface area contributed by atoms with E-state index in [1.54, 1.807) is 29.8 Å². The summed E-state index contributed by atoms with van der Waals surface area (Å²) in [6, 6.07) is 19.1. The lowest BCUT2D eigenvalue weighted by atomic mass is 10.2. The Morgan fingerprint density at radius 2 is 1.19 bits per heavy atom. The number of furan rings is 1. The zero-order chi connectivity index (χ0) is 14.7. The lowest BCUT2D eigenvalue weighted by molar-refractivity contribution is 0.463. The van der Waals surface area contributed by atoms with Crippen LogP contribution in [0.2, 0.25) is 0 Å². The van der Waals surface area contributed by atoms with E-state index >= 15 is 0 Å². The van der Waals surface area contributed by atoms with Crippen molar-refractivity contribution in [1.29, 1.82) is 0 Å². The topological polar surface area (TPSA) is 13.1 Å². The van der Waals surface area contributed by atoms with Gasteiger partial charge in [0.25, 0.3) is 0 Å². The summed E-state index contributed by atoms with van der Waals surface area (Å²) in [6.45, 7) is 4.20. The predicted octanol–water partition coefficient (Wildman–Crippen LogP) is 6.20. The van der Waals surface area contributed by atoms with E-state index in [1.165, 1.54) is 20.9 Å². The van der Waals surface area contributed by atoms with Crippen molar-refractivity contribution in [3.05, 3.63) is 72.0 Å². The first kappa shape index (κ1) is 14.4. The average molecular weight is 312 g/mol. The molecule has 0 fully saturated rings. The maximum Gasteiger partial charge on any atom is 0.178 e. The Labute approximate surface area is 133 Å². The van der Waals surface area contributed by atoms with E-state index in [0.717, 1.165) is 9.99 Å². The molecule has 0 N–H and O–H groups in total. The van der Waals surface area contributed by atoms with Crippen molar-refractivity contribution >= 4 is 23.5 Å². The third kappa shape index (κ3) is 3.74. The highest BCUT2D eigenvalue weighted by Gasteiger charge is 2.10. The molecule has 0 bridgehead atoms. The van der Waals surface area contributed by atoms with Gasteiger partial charge in [-0.25, -0.2) is 0 Å². The quantitative estimate of drug-likeness (QED) is 0.569. The van der Waals surface area contributed by atoms with Crippen LogP contribution in [-0.4, -0.2) is 0 Å². The largest absolute Gasteiger partial charge is 0.457 e. The van der Waals surface area contributed by atoms with Crippen LogP contribution in [0.3, 0.4) is 0 Å². The van der Waals surface area contributed by atoms with Crippen molar-refractivity contribution in [2.75, 3.05) is 0 Å². The molecule has 0 unspecified atom stereocenters. The van der Waals surface area contributed by atoms with Gasteiger partial charge in [-0.15, -0.1) is 0 Å². The van der Waals surface area contributed by atoms with E-state index in [2.05, 4.69) is 62.4 Å². The lowest BCUT2D eigenvalue weighted by Crippen LogP contribution is -1.77. The summed E-state index contributed by atoms with van der Waals surface area (Å²) in [4.78, 5) is 3.58. The Hall–Kier alpha value is -1.58. The van der Waals surface area contributed by atoms with Gasteiger partial charge >= 0.3 is 0 Å². The summed E-state index contributed by atoms with van der Waals surface area (Å²) < 4.78 is 5.64. The van der Waals surface area contributed by atoms with E-state index in [-0.39, 0.29) is 0 Å².